The van der Waals surface area contributed by atoms with Crippen molar-refractivity contribution < 1.29 is 18.0 Å². The first kappa shape index (κ1) is 18.2. The largest absolute Gasteiger partial charge is 0.433 e. The zero-order valence-electron chi connectivity index (χ0n) is 14.1. The summed E-state index contributed by atoms with van der Waals surface area (Å²) in [6, 6.07) is 13.8. The van der Waals surface area contributed by atoms with E-state index in [-0.39, 0.29) is 11.6 Å². The molecule has 0 fully saturated rings. The Morgan fingerprint density at radius 1 is 1.19 bits per heavy atom. The highest BCUT2D eigenvalue weighted by Gasteiger charge is 2.35. The first-order valence-corrected chi connectivity index (χ1v) is 8.58. The van der Waals surface area contributed by atoms with E-state index in [2.05, 4.69) is 5.10 Å². The zero-order chi connectivity index (χ0) is 18.9. The lowest BCUT2D eigenvalue weighted by atomic mass is 10.2. The number of benzene rings is 1. The number of hydrogen-bond donors (Lipinski definition) is 0. The Morgan fingerprint density at radius 2 is 1.88 bits per heavy atom. The first-order chi connectivity index (χ1) is 12.3. The van der Waals surface area contributed by atoms with Crippen LogP contribution >= 0.6 is 11.3 Å². The summed E-state index contributed by atoms with van der Waals surface area (Å²) in [7, 11) is 2.94. The molecule has 0 atom stereocenters. The van der Waals surface area contributed by atoms with Gasteiger partial charge in [-0.15, -0.1) is 11.3 Å². The van der Waals surface area contributed by atoms with Crippen molar-refractivity contribution in [3.63, 3.8) is 0 Å². The van der Waals surface area contributed by atoms with E-state index in [1.54, 1.807) is 24.1 Å². The van der Waals surface area contributed by atoms with Crippen LogP contribution < -0.4 is 0 Å². The van der Waals surface area contributed by atoms with Gasteiger partial charge in [0.15, 0.2) is 0 Å². The van der Waals surface area contributed by atoms with Crippen LogP contribution in [0.3, 0.4) is 0 Å². The van der Waals surface area contributed by atoms with Crippen molar-refractivity contribution in [2.45, 2.75) is 12.7 Å². The molecule has 0 aliphatic carbocycles. The highest BCUT2D eigenvalue weighted by molar-refractivity contribution is 7.17. The molecule has 8 heteroatoms. The van der Waals surface area contributed by atoms with Crippen LogP contribution in [0.4, 0.5) is 13.2 Å². The molecule has 26 heavy (non-hydrogen) atoms. The number of aryl methyl sites for hydroxylation is 1. The molecule has 136 valence electrons. The number of amides is 1. The van der Waals surface area contributed by atoms with Gasteiger partial charge in [-0.1, -0.05) is 30.3 Å². The van der Waals surface area contributed by atoms with Crippen LogP contribution in [-0.4, -0.2) is 27.6 Å². The number of alkyl halides is 3. The van der Waals surface area contributed by atoms with Crippen molar-refractivity contribution in [3.8, 4) is 10.6 Å². The molecular formula is C18H16F3N3OS. The maximum absolute atomic E-state index is 12.9. The molecule has 2 aromatic heterocycles. The summed E-state index contributed by atoms with van der Waals surface area (Å²) < 4.78 is 39.5. The van der Waals surface area contributed by atoms with Crippen molar-refractivity contribution in [2.75, 3.05) is 7.05 Å². The molecule has 0 saturated carbocycles. The van der Waals surface area contributed by atoms with E-state index >= 15 is 0 Å². The van der Waals surface area contributed by atoms with Gasteiger partial charge in [-0.25, -0.2) is 0 Å². The second kappa shape index (κ2) is 6.95. The van der Waals surface area contributed by atoms with Gasteiger partial charge in [0.2, 0.25) is 0 Å². The number of nitrogens with zero attached hydrogens (tertiary/aromatic N) is 3. The van der Waals surface area contributed by atoms with Gasteiger partial charge in [0, 0.05) is 20.6 Å². The van der Waals surface area contributed by atoms with Gasteiger partial charge in [-0.2, -0.15) is 18.3 Å². The Balaban J connectivity index is 1.78. The van der Waals surface area contributed by atoms with E-state index in [0.29, 0.717) is 16.3 Å². The summed E-state index contributed by atoms with van der Waals surface area (Å²) in [4.78, 5) is 15.1. The standard InChI is InChI=1S/C18H16F3N3OS/c1-23(11-12-6-4-3-5-7-12)17(25)15-9-8-14(26-15)13-10-16(18(19,20)21)24(2)22-13/h3-10H,11H2,1-2H3. The van der Waals surface area contributed by atoms with Crippen LogP contribution in [0.2, 0.25) is 0 Å². The average molecular weight is 379 g/mol. The summed E-state index contributed by atoms with van der Waals surface area (Å²) in [6.45, 7) is 0.453. The number of halogens is 3. The molecule has 3 rings (SSSR count). The lowest BCUT2D eigenvalue weighted by Gasteiger charge is -2.16. The Kier molecular flexibility index (Phi) is 4.86. The summed E-state index contributed by atoms with van der Waals surface area (Å²) in [6.07, 6.45) is -4.47. The number of aromatic nitrogens is 2. The molecule has 1 amide bonds. The SMILES string of the molecule is CN(Cc1ccccc1)C(=O)c1ccc(-c2cc(C(F)(F)F)n(C)n2)s1. The van der Waals surface area contributed by atoms with Gasteiger partial charge >= 0.3 is 6.18 Å². The third kappa shape index (κ3) is 3.80. The summed E-state index contributed by atoms with van der Waals surface area (Å²) in [5.41, 5.74) is 0.379. The highest BCUT2D eigenvalue weighted by Crippen LogP contribution is 2.34. The molecule has 2 heterocycles. The van der Waals surface area contributed by atoms with Gasteiger partial charge in [0.1, 0.15) is 11.4 Å². The summed E-state index contributed by atoms with van der Waals surface area (Å²) in [5, 5.41) is 3.91. The van der Waals surface area contributed by atoms with Crippen LogP contribution in [0.25, 0.3) is 10.6 Å². The fourth-order valence-electron chi connectivity index (χ4n) is 2.56. The van der Waals surface area contributed by atoms with Crippen LogP contribution in [0, 0.1) is 0 Å². The molecule has 0 radical (unpaired) electrons. The molecule has 0 aliphatic rings. The molecule has 0 spiro atoms. The minimum Gasteiger partial charge on any atom is -0.337 e. The smallest absolute Gasteiger partial charge is 0.337 e. The molecule has 3 aromatic rings. The van der Waals surface area contributed by atoms with E-state index in [4.69, 9.17) is 0 Å². The van der Waals surface area contributed by atoms with Crippen molar-refractivity contribution in [1.82, 2.24) is 14.7 Å². The van der Waals surface area contributed by atoms with E-state index in [1.165, 1.54) is 7.05 Å². The molecular weight excluding hydrogens is 363 g/mol. The Morgan fingerprint density at radius 3 is 2.50 bits per heavy atom. The third-order valence-corrected chi connectivity index (χ3v) is 4.94. The van der Waals surface area contributed by atoms with Crippen LogP contribution in [0.5, 0.6) is 0 Å². The fraction of sp³-hybridized carbons (Fsp3) is 0.222. The molecule has 0 aliphatic heterocycles. The van der Waals surface area contributed by atoms with Crippen molar-refractivity contribution in [2.24, 2.45) is 7.05 Å². The number of carbonyl (C=O) groups excluding carboxylic acids is 1. The van der Waals surface area contributed by atoms with E-state index in [0.717, 1.165) is 27.6 Å². The second-order valence-electron chi connectivity index (χ2n) is 5.85. The minimum absolute atomic E-state index is 0.183. The monoisotopic (exact) mass is 379 g/mol. The molecule has 1 aromatic carbocycles. The van der Waals surface area contributed by atoms with E-state index in [9.17, 15) is 18.0 Å². The normalized spacial score (nSPS) is 11.6. The van der Waals surface area contributed by atoms with Crippen LogP contribution in [0.1, 0.15) is 20.9 Å². The van der Waals surface area contributed by atoms with Crippen molar-refractivity contribution in [3.05, 3.63) is 64.7 Å². The van der Waals surface area contributed by atoms with Gasteiger partial charge in [0.05, 0.1) is 9.75 Å². The molecule has 0 saturated heterocycles. The Hall–Kier alpha value is -2.61. The average Bonchev–Trinajstić information content (AvgIpc) is 3.21. The second-order valence-corrected chi connectivity index (χ2v) is 6.93. The Labute approximate surface area is 152 Å². The van der Waals surface area contributed by atoms with Crippen molar-refractivity contribution >= 4 is 17.2 Å². The zero-order valence-corrected chi connectivity index (χ0v) is 14.9. The maximum atomic E-state index is 12.9. The third-order valence-electron chi connectivity index (χ3n) is 3.85. The topological polar surface area (TPSA) is 38.1 Å². The number of hydrogen-bond acceptors (Lipinski definition) is 3. The molecule has 4 nitrogen and oxygen atoms in total. The summed E-state index contributed by atoms with van der Waals surface area (Å²) >= 11 is 1.13. The van der Waals surface area contributed by atoms with Crippen LogP contribution in [0.15, 0.2) is 48.5 Å². The Bertz CT molecular complexity index is 915. The van der Waals surface area contributed by atoms with Crippen molar-refractivity contribution in [1.29, 1.82) is 0 Å². The maximum Gasteiger partial charge on any atom is 0.433 e. The first-order valence-electron chi connectivity index (χ1n) is 7.76. The fourth-order valence-corrected chi connectivity index (χ4v) is 3.52. The lowest BCUT2D eigenvalue weighted by Crippen LogP contribution is -2.25. The highest BCUT2D eigenvalue weighted by atomic mass is 32.1. The quantitative estimate of drug-likeness (QED) is 0.672. The minimum atomic E-state index is -4.47. The van der Waals surface area contributed by atoms with Gasteiger partial charge < -0.3 is 4.90 Å². The predicted octanol–water partition coefficient (Wildman–Crippen LogP) is 4.44. The van der Waals surface area contributed by atoms with Gasteiger partial charge in [-0.3, -0.25) is 9.48 Å². The van der Waals surface area contributed by atoms with Gasteiger partial charge in [0.25, 0.3) is 5.91 Å². The van der Waals surface area contributed by atoms with E-state index in [1.807, 2.05) is 30.3 Å². The van der Waals surface area contributed by atoms with Crippen LogP contribution in [-0.2, 0) is 19.8 Å². The summed E-state index contributed by atoms with van der Waals surface area (Å²) in [5.74, 6) is -0.183. The predicted molar refractivity (Wildman–Crippen MR) is 93.8 cm³/mol. The molecule has 0 bridgehead atoms. The van der Waals surface area contributed by atoms with Gasteiger partial charge in [-0.05, 0) is 23.8 Å². The number of thiophene rings is 1. The van der Waals surface area contributed by atoms with E-state index < -0.39 is 11.9 Å². The lowest BCUT2D eigenvalue weighted by molar-refractivity contribution is -0.143. The molecule has 0 unspecified atom stereocenters. The number of carbonyl (C=O) groups is 1. The number of rotatable bonds is 4. The molecule has 0 N–H and O–H groups in total.